The highest BCUT2D eigenvalue weighted by molar-refractivity contribution is 6.42. The molecule has 0 N–H and O–H groups in total. The van der Waals surface area contributed by atoms with Crippen molar-refractivity contribution in [3.05, 3.63) is 33.8 Å². The molecule has 0 bridgehead atoms. The Morgan fingerprint density at radius 1 is 0.780 bits per heavy atom. The first-order chi connectivity index (χ1) is 23.4. The number of hydrogen-bond acceptors (Lipinski definition) is 9. The highest BCUT2D eigenvalue weighted by atomic mass is 35.5. The van der Waals surface area contributed by atoms with Gasteiger partial charge < -0.3 is 33.5 Å². The van der Waals surface area contributed by atoms with Gasteiger partial charge in [0.1, 0.15) is 11.2 Å². The third-order valence-corrected chi connectivity index (χ3v) is 8.94. The molecule has 0 aromatic heterocycles. The second-order valence-electron chi connectivity index (χ2n) is 14.7. The summed E-state index contributed by atoms with van der Waals surface area (Å²) in [7, 11) is 0. The Morgan fingerprint density at radius 2 is 1.28 bits per heavy atom. The van der Waals surface area contributed by atoms with Gasteiger partial charge in [0.25, 0.3) is 0 Å². The van der Waals surface area contributed by atoms with Gasteiger partial charge in [0.05, 0.1) is 34.6 Å². The number of amides is 2. The maximum absolute atomic E-state index is 12.8. The van der Waals surface area contributed by atoms with Gasteiger partial charge in [0.15, 0.2) is 0 Å². The summed E-state index contributed by atoms with van der Waals surface area (Å²) >= 11 is 12.1. The van der Waals surface area contributed by atoms with Crippen molar-refractivity contribution in [3.8, 4) is 0 Å². The van der Waals surface area contributed by atoms with Gasteiger partial charge in [0.2, 0.25) is 0 Å². The Balaban J connectivity index is 0.000000321. The number of hydrogen-bond donors (Lipinski definition) is 0. The van der Waals surface area contributed by atoms with E-state index in [0.29, 0.717) is 81.5 Å². The highest BCUT2D eigenvalue weighted by Crippen LogP contribution is 2.38. The van der Waals surface area contributed by atoms with Gasteiger partial charge in [-0.3, -0.25) is 9.59 Å². The van der Waals surface area contributed by atoms with Crippen LogP contribution in [-0.2, 0) is 39.7 Å². The van der Waals surface area contributed by atoms with Crippen molar-refractivity contribution in [2.45, 2.75) is 112 Å². The zero-order chi connectivity index (χ0) is 37.5. The zero-order valence-electron chi connectivity index (χ0n) is 31.2. The van der Waals surface area contributed by atoms with E-state index in [9.17, 15) is 19.2 Å². The first kappa shape index (κ1) is 43.4. The van der Waals surface area contributed by atoms with Crippen LogP contribution in [-0.4, -0.2) is 97.7 Å². The van der Waals surface area contributed by atoms with Crippen LogP contribution in [0.3, 0.4) is 0 Å². The van der Waals surface area contributed by atoms with E-state index in [4.69, 9.17) is 46.9 Å². The van der Waals surface area contributed by atoms with E-state index in [-0.39, 0.29) is 30.0 Å². The number of piperidine rings is 2. The fourth-order valence-electron chi connectivity index (χ4n) is 5.62. The van der Waals surface area contributed by atoms with E-state index >= 15 is 0 Å². The van der Waals surface area contributed by atoms with E-state index in [2.05, 4.69) is 0 Å². The van der Waals surface area contributed by atoms with Crippen molar-refractivity contribution in [1.29, 1.82) is 0 Å². The molecule has 0 saturated carbocycles. The number of halogens is 2. The molecule has 11 nitrogen and oxygen atoms in total. The van der Waals surface area contributed by atoms with E-state index in [1.165, 1.54) is 12.8 Å². The lowest BCUT2D eigenvalue weighted by molar-refractivity contribution is -0.158. The molecule has 0 aliphatic carbocycles. The molecular formula is C37H58Cl2N2O9. The minimum absolute atomic E-state index is 0.0800. The number of benzene rings is 1. The van der Waals surface area contributed by atoms with Crippen LogP contribution in [0, 0.1) is 11.3 Å². The zero-order valence-corrected chi connectivity index (χ0v) is 32.8. The predicted molar refractivity (Wildman–Crippen MR) is 193 cm³/mol. The molecule has 3 fully saturated rings. The Bertz CT molecular complexity index is 1230. The molecule has 2 amide bonds. The van der Waals surface area contributed by atoms with Gasteiger partial charge in [-0.05, 0) is 118 Å². The number of ether oxygens (including phenoxy) is 5. The molecule has 1 aromatic carbocycles. The first-order valence-corrected chi connectivity index (χ1v) is 18.5. The average molecular weight is 746 g/mol. The second-order valence-corrected chi connectivity index (χ2v) is 15.5. The molecule has 0 atom stereocenters. The van der Waals surface area contributed by atoms with Crippen molar-refractivity contribution in [2.75, 3.05) is 52.6 Å². The molecule has 3 aliphatic heterocycles. The number of esters is 2. The SMILES string of the molecule is C1CCOC1.CCOC(=O)C1(Cc2ccc(Cl)c(Cl)c2)CCN(C(=O)OC(C)(C)C)CC1.CCOC(=O)C1CCN(C(=O)OC(C)(C)C)CC1. The summed E-state index contributed by atoms with van der Waals surface area (Å²) in [4.78, 5) is 51.7. The highest BCUT2D eigenvalue weighted by Gasteiger charge is 2.44. The van der Waals surface area contributed by atoms with E-state index in [1.54, 1.807) is 35.8 Å². The number of rotatable bonds is 6. The molecule has 0 radical (unpaired) electrons. The number of likely N-dealkylation sites (tertiary alicyclic amines) is 2. The van der Waals surface area contributed by atoms with Crippen molar-refractivity contribution in [3.63, 3.8) is 0 Å². The van der Waals surface area contributed by atoms with Crippen LogP contribution < -0.4 is 0 Å². The number of carbonyl (C=O) groups excluding carboxylic acids is 4. The van der Waals surface area contributed by atoms with Crippen molar-refractivity contribution in [1.82, 2.24) is 9.80 Å². The van der Waals surface area contributed by atoms with E-state index < -0.39 is 16.6 Å². The molecule has 3 heterocycles. The lowest BCUT2D eigenvalue weighted by atomic mass is 9.74. The minimum atomic E-state index is -0.689. The molecule has 4 rings (SSSR count). The molecule has 50 heavy (non-hydrogen) atoms. The van der Waals surface area contributed by atoms with Crippen LogP contribution in [0.5, 0.6) is 0 Å². The monoisotopic (exact) mass is 744 g/mol. The minimum Gasteiger partial charge on any atom is -0.466 e. The third-order valence-electron chi connectivity index (χ3n) is 8.20. The topological polar surface area (TPSA) is 121 Å². The van der Waals surface area contributed by atoms with Gasteiger partial charge in [-0.1, -0.05) is 29.3 Å². The summed E-state index contributed by atoms with van der Waals surface area (Å²) in [6, 6.07) is 5.38. The molecule has 13 heteroatoms. The average Bonchev–Trinajstić information content (AvgIpc) is 3.63. The summed E-state index contributed by atoms with van der Waals surface area (Å²) in [5, 5.41) is 0.935. The first-order valence-electron chi connectivity index (χ1n) is 17.7. The van der Waals surface area contributed by atoms with E-state index in [1.807, 2.05) is 47.6 Å². The van der Waals surface area contributed by atoms with Crippen LogP contribution in [0.1, 0.15) is 99.5 Å². The number of nitrogens with zero attached hydrogens (tertiary/aromatic N) is 2. The molecule has 0 spiro atoms. The second kappa shape index (κ2) is 20.3. The third kappa shape index (κ3) is 15.2. The maximum atomic E-state index is 12.8. The summed E-state index contributed by atoms with van der Waals surface area (Å²) < 4.78 is 26.0. The standard InChI is InChI=1S/C20H27Cl2NO4.C13H23NO4.C4H8O/c1-5-26-17(24)20(13-14-6-7-15(21)16(22)12-14)8-10-23(11-9-20)18(25)27-19(2,3)4;1-5-17-11(15)10-6-8-14(9-7-10)12(16)18-13(2,3)4;1-2-4-5-3-1/h6-7,12H,5,8-11,13H2,1-4H3;10H,5-9H2,1-4H3;1-4H2. The Kier molecular flexibility index (Phi) is 17.6. The van der Waals surface area contributed by atoms with Crippen LogP contribution in [0.25, 0.3) is 0 Å². The number of carbonyl (C=O) groups is 4. The van der Waals surface area contributed by atoms with Crippen LogP contribution in [0.4, 0.5) is 9.59 Å². The van der Waals surface area contributed by atoms with E-state index in [0.717, 1.165) is 18.8 Å². The van der Waals surface area contributed by atoms with Crippen molar-refractivity contribution >= 4 is 47.3 Å². The Hall–Kier alpha value is -2.76. The predicted octanol–water partition coefficient (Wildman–Crippen LogP) is 8.11. The van der Waals surface area contributed by atoms with Gasteiger partial charge >= 0.3 is 24.1 Å². The normalized spacial score (nSPS) is 17.7. The lowest BCUT2D eigenvalue weighted by Gasteiger charge is -2.40. The summed E-state index contributed by atoms with van der Waals surface area (Å²) in [6.45, 7) is 19.3. The smallest absolute Gasteiger partial charge is 0.410 e. The molecular weight excluding hydrogens is 687 g/mol. The van der Waals surface area contributed by atoms with Gasteiger partial charge in [-0.2, -0.15) is 0 Å². The van der Waals surface area contributed by atoms with Crippen molar-refractivity contribution in [2.24, 2.45) is 11.3 Å². The summed E-state index contributed by atoms with van der Waals surface area (Å²) in [6.07, 6.45) is 4.71. The van der Waals surface area contributed by atoms with Crippen LogP contribution >= 0.6 is 23.2 Å². The van der Waals surface area contributed by atoms with Gasteiger partial charge in [0, 0.05) is 39.4 Å². The lowest BCUT2D eigenvalue weighted by Crippen LogP contribution is -2.49. The van der Waals surface area contributed by atoms with Crippen LogP contribution in [0.15, 0.2) is 18.2 Å². The quantitative estimate of drug-likeness (QED) is 0.210. The van der Waals surface area contributed by atoms with Gasteiger partial charge in [-0.15, -0.1) is 0 Å². The molecule has 0 unspecified atom stereocenters. The molecule has 284 valence electrons. The molecule has 3 saturated heterocycles. The fourth-order valence-corrected chi connectivity index (χ4v) is 5.94. The Labute approximate surface area is 308 Å². The summed E-state index contributed by atoms with van der Waals surface area (Å²) in [5.41, 5.74) is -0.795. The van der Waals surface area contributed by atoms with Gasteiger partial charge in [-0.25, -0.2) is 9.59 Å². The largest absolute Gasteiger partial charge is 0.466 e. The fraction of sp³-hybridized carbons (Fsp3) is 0.730. The Morgan fingerprint density at radius 3 is 1.70 bits per heavy atom. The molecule has 1 aromatic rings. The molecule has 3 aliphatic rings. The van der Waals surface area contributed by atoms with Crippen molar-refractivity contribution < 1.29 is 42.9 Å². The van der Waals surface area contributed by atoms with Crippen LogP contribution in [0.2, 0.25) is 10.0 Å². The summed E-state index contributed by atoms with van der Waals surface area (Å²) in [5.74, 6) is -0.468. The maximum Gasteiger partial charge on any atom is 0.410 e.